The Labute approximate surface area is 114 Å². The van der Waals surface area contributed by atoms with Crippen LogP contribution in [0, 0.1) is 6.92 Å². The number of nitrogens with two attached hydrogens (primary N) is 1. The normalized spacial score (nSPS) is 10.8. The molecule has 5 nitrogen and oxygen atoms in total. The van der Waals surface area contributed by atoms with Gasteiger partial charge in [0.2, 0.25) is 5.95 Å². The summed E-state index contributed by atoms with van der Waals surface area (Å²) < 4.78 is 0. The predicted octanol–water partition coefficient (Wildman–Crippen LogP) is 2.59. The van der Waals surface area contributed by atoms with Gasteiger partial charge in [-0.3, -0.25) is 4.98 Å². The molecular formula is C13H13N5S. The Balaban J connectivity index is 1.92. The molecular weight excluding hydrogens is 258 g/mol. The van der Waals surface area contributed by atoms with Crippen molar-refractivity contribution in [1.82, 2.24) is 15.0 Å². The van der Waals surface area contributed by atoms with E-state index in [4.69, 9.17) is 5.73 Å². The molecule has 3 heterocycles. The number of fused-ring (bicyclic) bond motifs is 1. The van der Waals surface area contributed by atoms with Gasteiger partial charge in [-0.25, -0.2) is 4.98 Å². The van der Waals surface area contributed by atoms with Crippen LogP contribution in [0.1, 0.15) is 10.6 Å². The van der Waals surface area contributed by atoms with Gasteiger partial charge in [-0.1, -0.05) is 6.07 Å². The number of nitrogens with zero attached hydrogens (tertiary/aromatic N) is 3. The van der Waals surface area contributed by atoms with Crippen LogP contribution >= 0.6 is 11.3 Å². The Morgan fingerprint density at radius 1 is 1.32 bits per heavy atom. The topological polar surface area (TPSA) is 76.7 Å². The summed E-state index contributed by atoms with van der Waals surface area (Å²) in [5.74, 6) is 1.05. The molecule has 3 aromatic rings. The fourth-order valence-electron chi connectivity index (χ4n) is 1.87. The number of aryl methyl sites for hydroxylation is 1. The molecule has 6 heteroatoms. The summed E-state index contributed by atoms with van der Waals surface area (Å²) in [6.45, 7) is 2.66. The van der Waals surface area contributed by atoms with E-state index in [0.29, 0.717) is 6.54 Å². The van der Waals surface area contributed by atoms with Gasteiger partial charge in [0.1, 0.15) is 10.6 Å². The molecule has 0 spiro atoms. The molecule has 0 bridgehead atoms. The lowest BCUT2D eigenvalue weighted by molar-refractivity contribution is 1.03. The first kappa shape index (κ1) is 11.9. The van der Waals surface area contributed by atoms with Crippen molar-refractivity contribution >= 4 is 33.3 Å². The Morgan fingerprint density at radius 2 is 2.21 bits per heavy atom. The fourth-order valence-corrected chi connectivity index (χ4v) is 2.76. The molecule has 0 fully saturated rings. The van der Waals surface area contributed by atoms with Crippen LogP contribution in [-0.2, 0) is 6.54 Å². The van der Waals surface area contributed by atoms with Crippen molar-refractivity contribution in [3.05, 3.63) is 41.0 Å². The van der Waals surface area contributed by atoms with Gasteiger partial charge in [-0.2, -0.15) is 4.98 Å². The van der Waals surface area contributed by atoms with Crippen molar-refractivity contribution in [3.8, 4) is 0 Å². The first-order chi connectivity index (χ1) is 9.22. The number of pyridine rings is 1. The zero-order chi connectivity index (χ0) is 13.2. The lowest BCUT2D eigenvalue weighted by Gasteiger charge is -2.06. The molecule has 3 N–H and O–H groups in total. The molecule has 3 aromatic heterocycles. The van der Waals surface area contributed by atoms with E-state index >= 15 is 0 Å². The summed E-state index contributed by atoms with van der Waals surface area (Å²) in [5, 5.41) is 4.28. The van der Waals surface area contributed by atoms with Crippen molar-refractivity contribution in [2.24, 2.45) is 0 Å². The molecule has 0 aliphatic heterocycles. The second-order valence-electron chi connectivity index (χ2n) is 4.18. The molecule has 0 unspecified atom stereocenters. The Hall–Kier alpha value is -2.21. The van der Waals surface area contributed by atoms with Gasteiger partial charge in [0, 0.05) is 11.1 Å². The summed E-state index contributed by atoms with van der Waals surface area (Å²) in [7, 11) is 0. The number of rotatable bonds is 3. The Kier molecular flexibility index (Phi) is 3.00. The average Bonchev–Trinajstić information content (AvgIpc) is 2.77. The van der Waals surface area contributed by atoms with E-state index in [0.717, 1.165) is 21.7 Å². The van der Waals surface area contributed by atoms with E-state index in [2.05, 4.69) is 26.3 Å². The molecule has 0 atom stereocenters. The zero-order valence-corrected chi connectivity index (χ0v) is 11.2. The second kappa shape index (κ2) is 4.81. The second-order valence-corrected chi connectivity index (χ2v) is 5.42. The zero-order valence-electron chi connectivity index (χ0n) is 10.4. The Morgan fingerprint density at radius 3 is 3.00 bits per heavy atom. The molecule has 0 saturated heterocycles. The molecule has 3 rings (SSSR count). The van der Waals surface area contributed by atoms with Crippen LogP contribution in [0.15, 0.2) is 30.5 Å². The van der Waals surface area contributed by atoms with Gasteiger partial charge < -0.3 is 11.1 Å². The first-order valence-corrected chi connectivity index (χ1v) is 6.71. The smallest absolute Gasteiger partial charge is 0.223 e. The number of aromatic nitrogens is 3. The molecule has 0 radical (unpaired) electrons. The third-order valence-electron chi connectivity index (χ3n) is 2.70. The van der Waals surface area contributed by atoms with Crippen molar-refractivity contribution in [2.75, 3.05) is 11.1 Å². The lowest BCUT2D eigenvalue weighted by Crippen LogP contribution is -2.05. The molecule has 96 valence electrons. The van der Waals surface area contributed by atoms with E-state index in [1.807, 2.05) is 25.1 Å². The SMILES string of the molecule is Cc1cc2c(NCc3ccccn3)nc(N)nc2s1. The summed E-state index contributed by atoms with van der Waals surface area (Å²) >= 11 is 1.62. The van der Waals surface area contributed by atoms with Crippen LogP contribution in [0.2, 0.25) is 0 Å². The minimum atomic E-state index is 0.290. The van der Waals surface area contributed by atoms with Gasteiger partial charge in [0.15, 0.2) is 0 Å². The van der Waals surface area contributed by atoms with Crippen LogP contribution in [0.25, 0.3) is 10.2 Å². The fraction of sp³-hybridized carbons (Fsp3) is 0.154. The molecule has 19 heavy (non-hydrogen) atoms. The predicted molar refractivity (Wildman–Crippen MR) is 78.1 cm³/mol. The van der Waals surface area contributed by atoms with E-state index in [1.54, 1.807) is 17.5 Å². The van der Waals surface area contributed by atoms with Gasteiger partial charge in [0.25, 0.3) is 0 Å². The summed E-state index contributed by atoms with van der Waals surface area (Å²) in [6, 6.07) is 7.89. The molecule has 0 aliphatic carbocycles. The van der Waals surface area contributed by atoms with Gasteiger partial charge in [-0.15, -0.1) is 11.3 Å². The molecule has 0 saturated carbocycles. The first-order valence-electron chi connectivity index (χ1n) is 5.90. The minimum Gasteiger partial charge on any atom is -0.368 e. The third kappa shape index (κ3) is 2.48. The Bertz CT molecular complexity index is 708. The number of hydrogen-bond donors (Lipinski definition) is 2. The maximum absolute atomic E-state index is 5.73. The van der Waals surface area contributed by atoms with Crippen LogP contribution in [-0.4, -0.2) is 15.0 Å². The molecule has 0 aromatic carbocycles. The maximum Gasteiger partial charge on any atom is 0.223 e. The van der Waals surface area contributed by atoms with E-state index in [1.165, 1.54) is 4.88 Å². The molecule has 0 aliphatic rings. The quantitative estimate of drug-likeness (QED) is 0.765. The number of anilines is 2. The third-order valence-corrected chi connectivity index (χ3v) is 3.64. The van der Waals surface area contributed by atoms with Crippen LogP contribution in [0.5, 0.6) is 0 Å². The van der Waals surface area contributed by atoms with Crippen molar-refractivity contribution < 1.29 is 0 Å². The van der Waals surface area contributed by atoms with E-state index in [-0.39, 0.29) is 5.95 Å². The standard InChI is InChI=1S/C13H13N5S/c1-8-6-10-11(17-13(14)18-12(10)19-8)16-7-9-4-2-3-5-15-9/h2-6H,7H2,1H3,(H3,14,16,17,18). The van der Waals surface area contributed by atoms with Crippen molar-refractivity contribution in [2.45, 2.75) is 13.5 Å². The number of nitrogen functional groups attached to an aromatic ring is 1. The van der Waals surface area contributed by atoms with Crippen LogP contribution in [0.3, 0.4) is 0 Å². The van der Waals surface area contributed by atoms with Gasteiger partial charge >= 0.3 is 0 Å². The number of hydrogen-bond acceptors (Lipinski definition) is 6. The summed E-state index contributed by atoms with van der Waals surface area (Å²) in [5.41, 5.74) is 6.69. The molecule has 0 amide bonds. The van der Waals surface area contributed by atoms with E-state index < -0.39 is 0 Å². The highest BCUT2D eigenvalue weighted by Gasteiger charge is 2.09. The van der Waals surface area contributed by atoms with Gasteiger partial charge in [0.05, 0.1) is 17.6 Å². The highest BCUT2D eigenvalue weighted by molar-refractivity contribution is 7.18. The number of thiophene rings is 1. The van der Waals surface area contributed by atoms with Gasteiger partial charge in [-0.05, 0) is 25.1 Å². The maximum atomic E-state index is 5.73. The minimum absolute atomic E-state index is 0.290. The highest BCUT2D eigenvalue weighted by atomic mass is 32.1. The van der Waals surface area contributed by atoms with Crippen molar-refractivity contribution in [3.63, 3.8) is 0 Å². The van der Waals surface area contributed by atoms with Crippen LogP contribution < -0.4 is 11.1 Å². The monoisotopic (exact) mass is 271 g/mol. The summed E-state index contributed by atoms with van der Waals surface area (Å²) in [6.07, 6.45) is 1.77. The number of nitrogens with one attached hydrogen (secondary N) is 1. The van der Waals surface area contributed by atoms with Crippen molar-refractivity contribution in [1.29, 1.82) is 0 Å². The average molecular weight is 271 g/mol. The van der Waals surface area contributed by atoms with E-state index in [9.17, 15) is 0 Å². The van der Waals surface area contributed by atoms with Crippen LogP contribution in [0.4, 0.5) is 11.8 Å². The summed E-state index contributed by atoms with van der Waals surface area (Å²) in [4.78, 5) is 14.9. The lowest BCUT2D eigenvalue weighted by atomic mass is 10.3. The highest BCUT2D eigenvalue weighted by Crippen LogP contribution is 2.29. The largest absolute Gasteiger partial charge is 0.368 e.